The van der Waals surface area contributed by atoms with Crippen LogP contribution >= 0.6 is 31.9 Å². The maximum absolute atomic E-state index is 13.6. The zero-order valence-corrected chi connectivity index (χ0v) is 17.3. The lowest BCUT2D eigenvalue weighted by atomic mass is 9.98. The van der Waals surface area contributed by atoms with Crippen molar-refractivity contribution in [1.29, 1.82) is 0 Å². The van der Waals surface area contributed by atoms with E-state index in [0.717, 1.165) is 0 Å². The lowest BCUT2D eigenvalue weighted by molar-refractivity contribution is -0.140. The van der Waals surface area contributed by atoms with Crippen molar-refractivity contribution in [3.8, 4) is 0 Å². The molecule has 138 valence electrons. The first-order valence-corrected chi connectivity index (χ1v) is 9.23. The largest absolute Gasteiger partial charge is 0.469 e. The highest BCUT2D eigenvalue weighted by Crippen LogP contribution is 2.38. The van der Waals surface area contributed by atoms with Crippen molar-refractivity contribution in [2.75, 3.05) is 24.7 Å². The van der Waals surface area contributed by atoms with Crippen LogP contribution in [-0.2, 0) is 9.53 Å². The van der Waals surface area contributed by atoms with Gasteiger partial charge in [-0.25, -0.2) is 4.39 Å². The summed E-state index contributed by atoms with van der Waals surface area (Å²) in [5.41, 5.74) is 8.21. The normalized spacial score (nSPS) is 10.5. The molecule has 2 aromatic carbocycles. The van der Waals surface area contributed by atoms with E-state index in [-0.39, 0.29) is 23.7 Å². The first kappa shape index (κ1) is 20.4. The van der Waals surface area contributed by atoms with Gasteiger partial charge in [-0.15, -0.1) is 0 Å². The predicted octanol–water partition coefficient (Wildman–Crippen LogP) is 4.45. The maximum atomic E-state index is 13.6. The molecule has 0 aliphatic rings. The Morgan fingerprint density at radius 2 is 1.96 bits per heavy atom. The number of ketones is 1. The topological polar surface area (TPSA) is 81.4 Å². The Kier molecular flexibility index (Phi) is 6.77. The van der Waals surface area contributed by atoms with E-state index in [2.05, 4.69) is 41.9 Å². The number of halogens is 3. The number of aryl methyl sites for hydroxylation is 1. The number of benzene rings is 2. The summed E-state index contributed by atoms with van der Waals surface area (Å²) in [6.45, 7) is 2.06. The fourth-order valence-electron chi connectivity index (χ4n) is 2.36. The summed E-state index contributed by atoms with van der Waals surface area (Å²) in [6.07, 6.45) is 0.175. The highest BCUT2D eigenvalue weighted by Gasteiger charge is 2.22. The van der Waals surface area contributed by atoms with Gasteiger partial charge < -0.3 is 15.8 Å². The molecule has 5 nitrogen and oxygen atoms in total. The number of hydrogen-bond donors (Lipinski definition) is 2. The van der Waals surface area contributed by atoms with Crippen LogP contribution in [0.2, 0.25) is 0 Å². The highest BCUT2D eigenvalue weighted by atomic mass is 79.9. The molecule has 0 unspecified atom stereocenters. The summed E-state index contributed by atoms with van der Waals surface area (Å²) in [4.78, 5) is 24.1. The summed E-state index contributed by atoms with van der Waals surface area (Å²) < 4.78 is 19.0. The highest BCUT2D eigenvalue weighted by molar-refractivity contribution is 9.11. The average Bonchev–Trinajstić information content (AvgIpc) is 2.60. The predicted molar refractivity (Wildman–Crippen MR) is 106 cm³/mol. The third-order valence-electron chi connectivity index (χ3n) is 3.80. The van der Waals surface area contributed by atoms with Gasteiger partial charge in [0.25, 0.3) is 0 Å². The molecule has 0 amide bonds. The van der Waals surface area contributed by atoms with E-state index in [1.807, 2.05) is 0 Å². The Morgan fingerprint density at radius 3 is 2.62 bits per heavy atom. The Hall–Kier alpha value is -1.93. The van der Waals surface area contributed by atoms with Crippen LogP contribution in [0.4, 0.5) is 15.8 Å². The van der Waals surface area contributed by atoms with Crippen molar-refractivity contribution in [3.63, 3.8) is 0 Å². The number of nitrogens with two attached hydrogens (primary N) is 1. The Bertz CT molecular complexity index is 872. The third kappa shape index (κ3) is 4.42. The minimum absolute atomic E-state index is 0.175. The lowest BCUT2D eigenvalue weighted by Crippen LogP contribution is -2.13. The van der Waals surface area contributed by atoms with Crippen LogP contribution in [0, 0.1) is 12.7 Å². The van der Waals surface area contributed by atoms with Crippen molar-refractivity contribution in [3.05, 3.63) is 55.7 Å². The fraction of sp³-hybridized carbons (Fsp3) is 0.222. The second kappa shape index (κ2) is 8.64. The number of methoxy groups -OCH3 is 1. The Morgan fingerprint density at radius 1 is 1.27 bits per heavy atom. The third-order valence-corrected chi connectivity index (χ3v) is 5.25. The first-order valence-electron chi connectivity index (χ1n) is 7.65. The van der Waals surface area contributed by atoms with E-state index in [0.29, 0.717) is 38.0 Å². The van der Waals surface area contributed by atoms with Gasteiger partial charge in [-0.05, 0) is 62.5 Å². The molecule has 3 N–H and O–H groups in total. The number of rotatable bonds is 6. The fourth-order valence-corrected chi connectivity index (χ4v) is 3.84. The van der Waals surface area contributed by atoms with Crippen molar-refractivity contribution in [1.82, 2.24) is 0 Å². The van der Waals surface area contributed by atoms with Gasteiger partial charge in [0, 0.05) is 16.6 Å². The van der Waals surface area contributed by atoms with E-state index in [1.165, 1.54) is 19.2 Å². The molecule has 8 heteroatoms. The SMILES string of the molecule is COC(=O)CCNc1cc(Br)c(C(=O)c2cc(F)ccc2C)c(Br)c1N. The van der Waals surface area contributed by atoms with Gasteiger partial charge in [-0.3, -0.25) is 9.59 Å². The molecule has 0 radical (unpaired) electrons. The molecular weight excluding hydrogens is 471 g/mol. The smallest absolute Gasteiger partial charge is 0.307 e. The number of carbonyl (C=O) groups excluding carboxylic acids is 2. The van der Waals surface area contributed by atoms with Gasteiger partial charge in [0.2, 0.25) is 0 Å². The van der Waals surface area contributed by atoms with Crippen molar-refractivity contribution in [2.24, 2.45) is 0 Å². The van der Waals surface area contributed by atoms with Crippen LogP contribution in [0.25, 0.3) is 0 Å². The molecule has 0 saturated heterocycles. The number of carbonyl (C=O) groups is 2. The van der Waals surface area contributed by atoms with E-state index in [4.69, 9.17) is 5.73 Å². The number of anilines is 2. The van der Waals surface area contributed by atoms with Crippen LogP contribution in [-0.4, -0.2) is 25.4 Å². The molecule has 0 aliphatic heterocycles. The summed E-state index contributed by atoms with van der Waals surface area (Å²) in [5, 5.41) is 3.03. The van der Waals surface area contributed by atoms with Crippen molar-refractivity contribution >= 4 is 55.0 Å². The van der Waals surface area contributed by atoms with E-state index < -0.39 is 5.82 Å². The molecule has 0 spiro atoms. The number of nitrogen functional groups attached to an aromatic ring is 1. The monoisotopic (exact) mass is 486 g/mol. The van der Waals surface area contributed by atoms with Gasteiger partial charge in [0.15, 0.2) is 5.78 Å². The van der Waals surface area contributed by atoms with Gasteiger partial charge in [-0.1, -0.05) is 6.07 Å². The zero-order chi connectivity index (χ0) is 19.4. The average molecular weight is 488 g/mol. The van der Waals surface area contributed by atoms with Crippen LogP contribution < -0.4 is 11.1 Å². The molecule has 0 aliphatic carbocycles. The minimum Gasteiger partial charge on any atom is -0.469 e. The standard InChI is InChI=1S/C18H17Br2FN2O3/c1-9-3-4-10(21)7-11(9)18(25)15-12(19)8-13(17(22)16(15)20)23-6-5-14(24)26-2/h3-4,7-8,23H,5-6,22H2,1-2H3. The van der Waals surface area contributed by atoms with Crippen LogP contribution in [0.15, 0.2) is 33.2 Å². The lowest BCUT2D eigenvalue weighted by Gasteiger charge is -2.16. The molecule has 0 heterocycles. The quantitative estimate of drug-likeness (QED) is 0.357. The summed E-state index contributed by atoms with van der Waals surface area (Å²) >= 11 is 6.73. The first-order chi connectivity index (χ1) is 12.3. The number of hydrogen-bond acceptors (Lipinski definition) is 5. The second-order valence-corrected chi connectivity index (χ2v) is 7.20. The van der Waals surface area contributed by atoms with Gasteiger partial charge in [0.1, 0.15) is 5.82 Å². The molecule has 2 rings (SSSR count). The van der Waals surface area contributed by atoms with Crippen molar-refractivity contribution < 1.29 is 18.7 Å². The van der Waals surface area contributed by atoms with Gasteiger partial charge >= 0.3 is 5.97 Å². The van der Waals surface area contributed by atoms with Crippen LogP contribution in [0.1, 0.15) is 27.9 Å². The molecule has 2 aromatic rings. The number of ether oxygens (including phenoxy) is 1. The van der Waals surface area contributed by atoms with Crippen LogP contribution in [0.3, 0.4) is 0 Å². The maximum Gasteiger partial charge on any atom is 0.307 e. The van der Waals surface area contributed by atoms with Gasteiger partial charge in [0.05, 0.1) is 34.9 Å². The Labute approximate surface area is 167 Å². The van der Waals surface area contributed by atoms with E-state index in [9.17, 15) is 14.0 Å². The number of esters is 1. The molecule has 0 fully saturated rings. The van der Waals surface area contributed by atoms with Crippen molar-refractivity contribution in [2.45, 2.75) is 13.3 Å². The molecular formula is C18H17Br2FN2O3. The molecule has 0 atom stereocenters. The summed E-state index contributed by atoms with van der Waals surface area (Å²) in [7, 11) is 1.32. The second-order valence-electron chi connectivity index (χ2n) is 5.55. The van der Waals surface area contributed by atoms with E-state index in [1.54, 1.807) is 19.1 Å². The molecule has 0 aromatic heterocycles. The van der Waals surface area contributed by atoms with Crippen LogP contribution in [0.5, 0.6) is 0 Å². The Balaban J connectivity index is 2.36. The molecule has 26 heavy (non-hydrogen) atoms. The summed E-state index contributed by atoms with van der Waals surface area (Å²) in [5.74, 6) is -1.18. The number of nitrogens with one attached hydrogen (secondary N) is 1. The molecule has 0 bridgehead atoms. The zero-order valence-electron chi connectivity index (χ0n) is 14.2. The summed E-state index contributed by atoms with van der Waals surface area (Å²) in [6, 6.07) is 5.71. The van der Waals surface area contributed by atoms with Gasteiger partial charge in [-0.2, -0.15) is 0 Å². The molecule has 0 saturated carbocycles. The van der Waals surface area contributed by atoms with E-state index >= 15 is 0 Å². The minimum atomic E-state index is -0.486.